The van der Waals surface area contributed by atoms with Crippen LogP contribution in [0.1, 0.15) is 12.8 Å². The van der Waals surface area contributed by atoms with Crippen LogP contribution in [0.15, 0.2) is 12.2 Å². The molecule has 2 heteroatoms. The van der Waals surface area contributed by atoms with Crippen LogP contribution in [0.4, 0.5) is 0 Å². The van der Waals surface area contributed by atoms with Gasteiger partial charge in [0.2, 0.25) is 0 Å². The number of fused-ring (bicyclic) bond motifs is 1. The van der Waals surface area contributed by atoms with Crippen LogP contribution in [-0.2, 0) is 4.74 Å². The molecule has 0 saturated carbocycles. The molecule has 1 N–H and O–H groups in total. The van der Waals surface area contributed by atoms with Gasteiger partial charge in [-0.1, -0.05) is 12.2 Å². The maximum Gasteiger partial charge on any atom is 0.0840 e. The summed E-state index contributed by atoms with van der Waals surface area (Å²) >= 11 is 0. The van der Waals surface area contributed by atoms with E-state index in [1.54, 1.807) is 0 Å². The molecule has 1 fully saturated rings. The van der Waals surface area contributed by atoms with E-state index in [1.165, 1.54) is 0 Å². The third kappa shape index (κ3) is 1.21. The van der Waals surface area contributed by atoms with Crippen LogP contribution in [0.25, 0.3) is 0 Å². The summed E-state index contributed by atoms with van der Waals surface area (Å²) in [6.45, 7) is 1.04. The molecule has 11 heavy (non-hydrogen) atoms. The van der Waals surface area contributed by atoms with E-state index in [-0.39, 0.29) is 12.7 Å². The van der Waals surface area contributed by atoms with Crippen molar-refractivity contribution in [3.8, 4) is 0 Å². The van der Waals surface area contributed by atoms with Gasteiger partial charge in [-0.3, -0.25) is 0 Å². The Bertz CT molecular complexity index is 165. The van der Waals surface area contributed by atoms with Crippen molar-refractivity contribution in [2.75, 3.05) is 13.2 Å². The lowest BCUT2D eigenvalue weighted by Gasteiger charge is -2.22. The third-order valence-electron chi connectivity index (χ3n) is 2.80. The van der Waals surface area contributed by atoms with Gasteiger partial charge in [0, 0.05) is 0 Å². The first-order valence-corrected chi connectivity index (χ1v) is 4.29. The molecule has 0 spiro atoms. The lowest BCUT2D eigenvalue weighted by Crippen LogP contribution is -2.24. The number of hydrogen-bond acceptors (Lipinski definition) is 2. The van der Waals surface area contributed by atoms with Crippen molar-refractivity contribution in [2.45, 2.75) is 18.9 Å². The van der Waals surface area contributed by atoms with Crippen LogP contribution >= 0.6 is 0 Å². The molecule has 0 amide bonds. The Morgan fingerprint density at radius 3 is 3.00 bits per heavy atom. The van der Waals surface area contributed by atoms with E-state index in [9.17, 15) is 0 Å². The second kappa shape index (κ2) is 2.95. The summed E-state index contributed by atoms with van der Waals surface area (Å²) in [7, 11) is 0. The highest BCUT2D eigenvalue weighted by Gasteiger charge is 2.36. The molecule has 3 atom stereocenters. The van der Waals surface area contributed by atoms with Crippen molar-refractivity contribution < 1.29 is 9.84 Å². The highest BCUT2D eigenvalue weighted by atomic mass is 16.5. The highest BCUT2D eigenvalue weighted by Crippen LogP contribution is 2.35. The molecule has 62 valence electrons. The Morgan fingerprint density at radius 1 is 1.36 bits per heavy atom. The molecule has 1 aliphatic heterocycles. The number of aliphatic hydroxyl groups is 1. The number of hydrogen-bond donors (Lipinski definition) is 1. The van der Waals surface area contributed by atoms with Gasteiger partial charge in [-0.2, -0.15) is 0 Å². The molecular formula is C9H14O2. The molecule has 2 rings (SSSR count). The normalized spacial score (nSPS) is 42.5. The van der Waals surface area contributed by atoms with E-state index < -0.39 is 0 Å². The molecule has 0 aromatic heterocycles. The lowest BCUT2D eigenvalue weighted by atomic mass is 9.82. The van der Waals surface area contributed by atoms with Crippen LogP contribution in [0.2, 0.25) is 0 Å². The summed E-state index contributed by atoms with van der Waals surface area (Å²) in [4.78, 5) is 0. The molecule has 0 aromatic rings. The van der Waals surface area contributed by atoms with E-state index in [4.69, 9.17) is 9.84 Å². The summed E-state index contributed by atoms with van der Waals surface area (Å²) in [6.07, 6.45) is 6.78. The molecule has 0 radical (unpaired) electrons. The number of allylic oxidation sites excluding steroid dienone is 2. The van der Waals surface area contributed by atoms with Crippen LogP contribution in [0.3, 0.4) is 0 Å². The standard InChI is InChI=1S/C9H14O2/c10-5-9-8-4-2-1-3-7(8)6-11-9/h1-2,7-10H,3-6H2/t7-,8-,9+/m0/s1. The fourth-order valence-electron chi connectivity index (χ4n) is 2.10. The van der Waals surface area contributed by atoms with Crippen molar-refractivity contribution in [1.29, 1.82) is 0 Å². The molecule has 1 heterocycles. The molecule has 1 saturated heterocycles. The van der Waals surface area contributed by atoms with Gasteiger partial charge in [-0.25, -0.2) is 0 Å². The lowest BCUT2D eigenvalue weighted by molar-refractivity contribution is 0.0403. The summed E-state index contributed by atoms with van der Waals surface area (Å²) in [5.41, 5.74) is 0. The van der Waals surface area contributed by atoms with Gasteiger partial charge < -0.3 is 9.84 Å². The van der Waals surface area contributed by atoms with Crippen LogP contribution in [0, 0.1) is 11.8 Å². The fourth-order valence-corrected chi connectivity index (χ4v) is 2.10. The van der Waals surface area contributed by atoms with Crippen molar-refractivity contribution in [3.63, 3.8) is 0 Å². The monoisotopic (exact) mass is 154 g/mol. The SMILES string of the molecule is OC[C@H]1OC[C@@H]2CC=CC[C@@H]21. The second-order valence-electron chi connectivity index (χ2n) is 3.42. The summed E-state index contributed by atoms with van der Waals surface area (Å²) in [6, 6.07) is 0. The predicted octanol–water partition coefficient (Wildman–Crippen LogP) is 0.960. The first kappa shape index (κ1) is 7.32. The molecule has 0 unspecified atom stereocenters. The summed E-state index contributed by atoms with van der Waals surface area (Å²) in [5.74, 6) is 1.27. The fraction of sp³-hybridized carbons (Fsp3) is 0.778. The van der Waals surface area contributed by atoms with Gasteiger partial charge in [-0.05, 0) is 24.7 Å². The Hall–Kier alpha value is -0.340. The van der Waals surface area contributed by atoms with Crippen LogP contribution < -0.4 is 0 Å². The van der Waals surface area contributed by atoms with Gasteiger partial charge in [0.15, 0.2) is 0 Å². The Kier molecular flexibility index (Phi) is 1.96. The van der Waals surface area contributed by atoms with Gasteiger partial charge >= 0.3 is 0 Å². The largest absolute Gasteiger partial charge is 0.394 e. The first-order valence-electron chi connectivity index (χ1n) is 4.29. The zero-order valence-corrected chi connectivity index (χ0v) is 6.57. The average Bonchev–Trinajstić information content (AvgIpc) is 2.47. The number of aliphatic hydroxyl groups excluding tert-OH is 1. The summed E-state index contributed by atoms with van der Waals surface area (Å²) < 4.78 is 5.46. The van der Waals surface area contributed by atoms with Gasteiger partial charge in [0.1, 0.15) is 0 Å². The van der Waals surface area contributed by atoms with Crippen molar-refractivity contribution in [1.82, 2.24) is 0 Å². The number of rotatable bonds is 1. The van der Waals surface area contributed by atoms with Crippen LogP contribution in [0.5, 0.6) is 0 Å². The highest BCUT2D eigenvalue weighted by molar-refractivity contribution is 4.99. The minimum atomic E-state index is 0.116. The van der Waals surface area contributed by atoms with Crippen molar-refractivity contribution in [3.05, 3.63) is 12.2 Å². The molecule has 0 aromatic carbocycles. The second-order valence-corrected chi connectivity index (χ2v) is 3.42. The Balaban J connectivity index is 2.05. The molecule has 2 nitrogen and oxygen atoms in total. The zero-order chi connectivity index (χ0) is 7.68. The first-order chi connectivity index (χ1) is 5.42. The maximum absolute atomic E-state index is 8.96. The molecular weight excluding hydrogens is 140 g/mol. The zero-order valence-electron chi connectivity index (χ0n) is 6.57. The number of ether oxygens (including phenoxy) is 1. The van der Waals surface area contributed by atoms with E-state index in [0.717, 1.165) is 19.4 Å². The average molecular weight is 154 g/mol. The van der Waals surface area contributed by atoms with E-state index in [2.05, 4.69) is 12.2 Å². The summed E-state index contributed by atoms with van der Waals surface area (Å²) in [5, 5.41) is 8.96. The van der Waals surface area contributed by atoms with E-state index in [0.29, 0.717) is 11.8 Å². The molecule has 2 aliphatic rings. The van der Waals surface area contributed by atoms with Gasteiger partial charge in [-0.15, -0.1) is 0 Å². The minimum absolute atomic E-state index is 0.116. The molecule has 1 aliphatic carbocycles. The Morgan fingerprint density at radius 2 is 2.18 bits per heavy atom. The quantitative estimate of drug-likeness (QED) is 0.570. The van der Waals surface area contributed by atoms with Crippen molar-refractivity contribution >= 4 is 0 Å². The topological polar surface area (TPSA) is 29.5 Å². The predicted molar refractivity (Wildman–Crippen MR) is 42.2 cm³/mol. The van der Waals surface area contributed by atoms with E-state index in [1.807, 2.05) is 0 Å². The van der Waals surface area contributed by atoms with Gasteiger partial charge in [0.25, 0.3) is 0 Å². The van der Waals surface area contributed by atoms with Crippen LogP contribution in [-0.4, -0.2) is 24.4 Å². The Labute approximate surface area is 66.9 Å². The minimum Gasteiger partial charge on any atom is -0.394 e. The third-order valence-corrected chi connectivity index (χ3v) is 2.80. The van der Waals surface area contributed by atoms with Gasteiger partial charge in [0.05, 0.1) is 19.3 Å². The smallest absolute Gasteiger partial charge is 0.0840 e. The van der Waals surface area contributed by atoms with Crippen molar-refractivity contribution in [2.24, 2.45) is 11.8 Å². The maximum atomic E-state index is 8.96. The molecule has 0 bridgehead atoms. The van der Waals surface area contributed by atoms with E-state index >= 15 is 0 Å².